The predicted octanol–water partition coefficient (Wildman–Crippen LogP) is 3.80. The first-order chi connectivity index (χ1) is 10.2. The Morgan fingerprint density at radius 3 is 1.86 bits per heavy atom. The summed E-state index contributed by atoms with van der Waals surface area (Å²) >= 11 is 0. The minimum Gasteiger partial charge on any atom is -0.265 e. The van der Waals surface area contributed by atoms with Gasteiger partial charge in [-0.1, -0.05) is 39.8 Å². The van der Waals surface area contributed by atoms with Crippen molar-refractivity contribution in [2.24, 2.45) is 0 Å². The van der Waals surface area contributed by atoms with Crippen LogP contribution in [0.4, 0.5) is 0 Å². The maximum absolute atomic E-state index is 3.96. The van der Waals surface area contributed by atoms with Crippen LogP contribution in [0.25, 0.3) is 0 Å². The molecule has 0 rings (SSSR count). The SMILES string of the molecule is C=CCN(CCCC)C(N(CC)CC)=[N+](CCC)CCC. The predicted molar refractivity (Wildman–Crippen MR) is 95.2 cm³/mol. The molecular formula is C18H38N3+. The molecule has 0 aliphatic heterocycles. The fourth-order valence-electron chi connectivity index (χ4n) is 2.74. The molecule has 0 aromatic heterocycles. The lowest BCUT2D eigenvalue weighted by molar-refractivity contribution is -0.538. The minimum atomic E-state index is 0.940. The van der Waals surface area contributed by atoms with E-state index in [0.29, 0.717) is 0 Å². The number of guanidine groups is 1. The van der Waals surface area contributed by atoms with Crippen molar-refractivity contribution in [3.8, 4) is 0 Å². The van der Waals surface area contributed by atoms with Crippen molar-refractivity contribution in [2.75, 3.05) is 39.3 Å². The molecule has 124 valence electrons. The number of rotatable bonds is 11. The van der Waals surface area contributed by atoms with Crippen molar-refractivity contribution in [1.29, 1.82) is 0 Å². The van der Waals surface area contributed by atoms with Crippen LogP contribution in [0.3, 0.4) is 0 Å². The molecular weight excluding hydrogens is 258 g/mol. The zero-order chi connectivity index (χ0) is 16.1. The molecule has 0 saturated heterocycles. The van der Waals surface area contributed by atoms with Crippen LogP contribution in [-0.2, 0) is 0 Å². The average molecular weight is 297 g/mol. The van der Waals surface area contributed by atoms with E-state index in [1.807, 2.05) is 6.08 Å². The van der Waals surface area contributed by atoms with Crippen LogP contribution in [0.1, 0.15) is 60.3 Å². The van der Waals surface area contributed by atoms with Crippen LogP contribution >= 0.6 is 0 Å². The lowest BCUT2D eigenvalue weighted by Crippen LogP contribution is -2.50. The number of unbranched alkanes of at least 4 members (excludes halogenated alkanes) is 1. The van der Waals surface area contributed by atoms with E-state index in [1.165, 1.54) is 31.6 Å². The van der Waals surface area contributed by atoms with E-state index >= 15 is 0 Å². The van der Waals surface area contributed by atoms with Crippen molar-refractivity contribution >= 4 is 5.96 Å². The van der Waals surface area contributed by atoms with Gasteiger partial charge in [0.15, 0.2) is 0 Å². The lowest BCUT2D eigenvalue weighted by atomic mass is 10.3. The molecule has 0 aliphatic rings. The molecule has 0 aromatic carbocycles. The van der Waals surface area contributed by atoms with Gasteiger partial charge in [-0.25, -0.2) is 0 Å². The molecule has 0 unspecified atom stereocenters. The van der Waals surface area contributed by atoms with Gasteiger partial charge in [-0.05, 0) is 33.1 Å². The minimum absolute atomic E-state index is 0.940. The molecule has 3 nitrogen and oxygen atoms in total. The molecule has 0 aliphatic carbocycles. The fourth-order valence-corrected chi connectivity index (χ4v) is 2.74. The van der Waals surface area contributed by atoms with Crippen molar-refractivity contribution in [2.45, 2.75) is 60.3 Å². The summed E-state index contributed by atoms with van der Waals surface area (Å²) in [5.74, 6) is 1.41. The molecule has 0 fully saturated rings. The Morgan fingerprint density at radius 1 is 0.905 bits per heavy atom. The van der Waals surface area contributed by atoms with Crippen LogP contribution in [0, 0.1) is 0 Å². The van der Waals surface area contributed by atoms with Crippen LogP contribution in [-0.4, -0.2) is 59.6 Å². The highest BCUT2D eigenvalue weighted by Crippen LogP contribution is 2.05. The van der Waals surface area contributed by atoms with Crippen LogP contribution in [0.5, 0.6) is 0 Å². The lowest BCUT2D eigenvalue weighted by Gasteiger charge is -2.29. The van der Waals surface area contributed by atoms with E-state index in [1.54, 1.807) is 0 Å². The van der Waals surface area contributed by atoms with Crippen LogP contribution < -0.4 is 0 Å². The van der Waals surface area contributed by atoms with Gasteiger partial charge in [-0.3, -0.25) is 14.4 Å². The Morgan fingerprint density at radius 2 is 1.48 bits per heavy atom. The molecule has 0 aromatic rings. The highest BCUT2D eigenvalue weighted by Gasteiger charge is 2.26. The Labute approximate surface area is 133 Å². The molecule has 21 heavy (non-hydrogen) atoms. The van der Waals surface area contributed by atoms with Gasteiger partial charge < -0.3 is 0 Å². The van der Waals surface area contributed by atoms with Gasteiger partial charge in [-0.15, -0.1) is 0 Å². The van der Waals surface area contributed by atoms with E-state index in [9.17, 15) is 0 Å². The largest absolute Gasteiger partial charge is 0.350 e. The fraction of sp³-hybridized carbons (Fsp3) is 0.833. The first kappa shape index (κ1) is 20.0. The number of hydrogen-bond acceptors (Lipinski definition) is 0. The van der Waals surface area contributed by atoms with Crippen molar-refractivity contribution in [3.63, 3.8) is 0 Å². The van der Waals surface area contributed by atoms with Gasteiger partial charge >= 0.3 is 5.96 Å². The summed E-state index contributed by atoms with van der Waals surface area (Å²) in [6.07, 6.45) is 6.90. The zero-order valence-corrected chi connectivity index (χ0v) is 15.2. The van der Waals surface area contributed by atoms with Gasteiger partial charge in [-0.2, -0.15) is 0 Å². The van der Waals surface area contributed by atoms with Gasteiger partial charge in [0.2, 0.25) is 0 Å². The summed E-state index contributed by atoms with van der Waals surface area (Å²) in [6, 6.07) is 0. The molecule has 0 atom stereocenters. The quantitative estimate of drug-likeness (QED) is 0.248. The molecule has 3 heteroatoms. The summed E-state index contributed by atoms with van der Waals surface area (Å²) < 4.78 is 2.58. The summed E-state index contributed by atoms with van der Waals surface area (Å²) in [5, 5.41) is 0. The van der Waals surface area contributed by atoms with Gasteiger partial charge in [0.1, 0.15) is 0 Å². The molecule has 0 N–H and O–H groups in total. The van der Waals surface area contributed by atoms with Gasteiger partial charge in [0.05, 0.1) is 39.3 Å². The topological polar surface area (TPSA) is 9.49 Å². The average Bonchev–Trinajstić information content (AvgIpc) is 2.49. The molecule has 0 spiro atoms. The molecule has 0 amide bonds. The Hall–Kier alpha value is -0.990. The summed E-state index contributed by atoms with van der Waals surface area (Å²) in [5.41, 5.74) is 0. The zero-order valence-electron chi connectivity index (χ0n) is 15.2. The maximum Gasteiger partial charge on any atom is 0.350 e. The molecule has 0 bridgehead atoms. The number of nitrogens with zero attached hydrogens (tertiary/aromatic N) is 3. The monoisotopic (exact) mass is 296 g/mol. The number of hydrogen-bond donors (Lipinski definition) is 0. The molecule has 0 heterocycles. The van der Waals surface area contributed by atoms with E-state index < -0.39 is 0 Å². The molecule has 0 saturated carbocycles. The van der Waals surface area contributed by atoms with Crippen LogP contribution in [0.15, 0.2) is 12.7 Å². The van der Waals surface area contributed by atoms with E-state index in [4.69, 9.17) is 0 Å². The van der Waals surface area contributed by atoms with Crippen molar-refractivity contribution in [1.82, 2.24) is 9.80 Å². The van der Waals surface area contributed by atoms with Crippen molar-refractivity contribution in [3.05, 3.63) is 12.7 Å². The molecule has 0 radical (unpaired) electrons. The first-order valence-electron chi connectivity index (χ1n) is 8.92. The van der Waals surface area contributed by atoms with Gasteiger partial charge in [0, 0.05) is 0 Å². The smallest absolute Gasteiger partial charge is 0.265 e. The van der Waals surface area contributed by atoms with E-state index in [-0.39, 0.29) is 0 Å². The summed E-state index contributed by atoms with van der Waals surface area (Å²) in [6.45, 7) is 21.7. The standard InChI is InChI=1S/C18H38N3/c1-7-13-17-21(16-10-4)18(19(11-5)12-6)20(14-8-2)15-9-3/h10H,4,7-9,11-17H2,1-3,5-6H3/q+1. The Balaban J connectivity index is 5.57. The van der Waals surface area contributed by atoms with E-state index in [2.05, 4.69) is 55.6 Å². The highest BCUT2D eigenvalue weighted by molar-refractivity contribution is 5.75. The second kappa shape index (κ2) is 12.7. The summed E-state index contributed by atoms with van der Waals surface area (Å²) in [7, 11) is 0. The normalized spacial score (nSPS) is 10.3. The Bertz CT molecular complexity index is 285. The third-order valence-electron chi connectivity index (χ3n) is 3.73. The van der Waals surface area contributed by atoms with E-state index in [0.717, 1.165) is 39.3 Å². The summed E-state index contributed by atoms with van der Waals surface area (Å²) in [4.78, 5) is 5.03. The first-order valence-corrected chi connectivity index (χ1v) is 8.92. The second-order valence-electron chi connectivity index (χ2n) is 5.55. The van der Waals surface area contributed by atoms with Gasteiger partial charge in [0.25, 0.3) is 0 Å². The van der Waals surface area contributed by atoms with Crippen LogP contribution in [0.2, 0.25) is 0 Å². The third-order valence-corrected chi connectivity index (χ3v) is 3.73. The second-order valence-corrected chi connectivity index (χ2v) is 5.55. The Kier molecular flexibility index (Phi) is 12.1. The highest BCUT2D eigenvalue weighted by atomic mass is 15.4. The maximum atomic E-state index is 3.96. The van der Waals surface area contributed by atoms with Crippen molar-refractivity contribution < 1.29 is 4.58 Å². The third kappa shape index (κ3) is 7.01.